The summed E-state index contributed by atoms with van der Waals surface area (Å²) in [4.78, 5) is 23.3. The van der Waals surface area contributed by atoms with Crippen LogP contribution in [0.2, 0.25) is 0 Å². The average molecular weight is 494 g/mol. The first kappa shape index (κ1) is 31.3. The lowest BCUT2D eigenvalue weighted by Crippen LogP contribution is -2.14. The van der Waals surface area contributed by atoms with Gasteiger partial charge in [-0.05, 0) is 43.2 Å². The number of rotatable bonds is 20. The first-order valence-corrected chi connectivity index (χ1v) is 14.2. The van der Waals surface area contributed by atoms with E-state index in [0.29, 0.717) is 12.1 Å². The molecule has 0 unspecified atom stereocenters. The lowest BCUT2D eigenvalue weighted by atomic mass is 10.1. The topological polar surface area (TPSA) is 66.4 Å². The van der Waals surface area contributed by atoms with Gasteiger partial charge >= 0.3 is 5.97 Å². The molecule has 0 spiro atoms. The van der Waals surface area contributed by atoms with Crippen molar-refractivity contribution in [1.29, 1.82) is 0 Å². The molecule has 4 heteroatoms. The second kappa shape index (κ2) is 22.7. The molecule has 36 heavy (non-hydrogen) atoms. The molecule has 4 nitrogen and oxygen atoms in total. The largest absolute Gasteiger partial charge is 0.478 e. The number of para-hydroxylation sites is 1. The van der Waals surface area contributed by atoms with Crippen LogP contribution in [0.25, 0.3) is 0 Å². The maximum Gasteiger partial charge on any atom is 0.337 e. The van der Waals surface area contributed by atoms with E-state index in [0.717, 1.165) is 51.4 Å². The highest BCUT2D eigenvalue weighted by Gasteiger charge is 2.11. The number of aromatic carboxylic acids is 1. The zero-order valence-corrected chi connectivity index (χ0v) is 22.5. The normalized spacial score (nSPS) is 10.1. The van der Waals surface area contributed by atoms with Gasteiger partial charge in [0.25, 0.3) is 0 Å². The minimum absolute atomic E-state index is 0.119. The minimum Gasteiger partial charge on any atom is -0.478 e. The van der Waals surface area contributed by atoms with E-state index >= 15 is 0 Å². The summed E-state index contributed by atoms with van der Waals surface area (Å²) < 4.78 is 0. The fraction of sp³-hybridized carbons (Fsp3) is 0.625. The van der Waals surface area contributed by atoms with E-state index in [1.165, 1.54) is 70.3 Å². The lowest BCUT2D eigenvalue weighted by molar-refractivity contribution is -0.116. The van der Waals surface area contributed by atoms with Gasteiger partial charge in [0.1, 0.15) is 0 Å². The number of benzene rings is 1. The van der Waals surface area contributed by atoms with Crippen LogP contribution in [0.4, 0.5) is 5.69 Å². The second-order valence-electron chi connectivity index (χ2n) is 9.56. The monoisotopic (exact) mass is 493 g/mol. The molecular weight excluding hydrogens is 446 g/mol. The summed E-state index contributed by atoms with van der Waals surface area (Å²) >= 11 is 0. The van der Waals surface area contributed by atoms with Crippen LogP contribution in [0.15, 0.2) is 24.3 Å². The Morgan fingerprint density at radius 3 is 1.69 bits per heavy atom. The maximum atomic E-state index is 12.1. The quantitative estimate of drug-likeness (QED) is 0.141. The van der Waals surface area contributed by atoms with Crippen LogP contribution in [-0.4, -0.2) is 17.0 Å². The van der Waals surface area contributed by atoms with Crippen molar-refractivity contribution in [1.82, 2.24) is 0 Å². The van der Waals surface area contributed by atoms with Crippen LogP contribution in [0.3, 0.4) is 0 Å². The molecule has 0 aliphatic carbocycles. The van der Waals surface area contributed by atoms with Crippen molar-refractivity contribution in [3.63, 3.8) is 0 Å². The third-order valence-electron chi connectivity index (χ3n) is 6.28. The van der Waals surface area contributed by atoms with E-state index < -0.39 is 5.97 Å². The average Bonchev–Trinajstić information content (AvgIpc) is 2.87. The number of amides is 1. The smallest absolute Gasteiger partial charge is 0.337 e. The molecule has 0 aliphatic heterocycles. The van der Waals surface area contributed by atoms with Gasteiger partial charge in [-0.1, -0.05) is 114 Å². The van der Waals surface area contributed by atoms with Gasteiger partial charge in [0.2, 0.25) is 5.91 Å². The van der Waals surface area contributed by atoms with Gasteiger partial charge < -0.3 is 10.4 Å². The molecule has 1 amide bonds. The molecule has 0 atom stereocenters. The summed E-state index contributed by atoms with van der Waals surface area (Å²) in [5.74, 6) is 11.2. The summed E-state index contributed by atoms with van der Waals surface area (Å²) in [5, 5.41) is 11.9. The van der Waals surface area contributed by atoms with Gasteiger partial charge in [-0.3, -0.25) is 4.79 Å². The Balaban J connectivity index is 1.91. The summed E-state index contributed by atoms with van der Waals surface area (Å²) in [5.41, 5.74) is 0.480. The van der Waals surface area contributed by atoms with Crippen molar-refractivity contribution < 1.29 is 14.7 Å². The molecule has 0 radical (unpaired) electrons. The number of carbonyl (C=O) groups excluding carboxylic acids is 1. The summed E-state index contributed by atoms with van der Waals surface area (Å²) in [6.07, 6.45) is 22.1. The number of carbonyl (C=O) groups is 2. The minimum atomic E-state index is -1.04. The Morgan fingerprint density at radius 1 is 0.694 bits per heavy atom. The molecule has 2 N–H and O–H groups in total. The van der Waals surface area contributed by atoms with Crippen LogP contribution in [0.5, 0.6) is 0 Å². The van der Waals surface area contributed by atoms with Gasteiger partial charge in [-0.15, -0.1) is 0 Å². The van der Waals surface area contributed by atoms with E-state index in [2.05, 4.69) is 35.9 Å². The number of carboxylic acids is 1. The van der Waals surface area contributed by atoms with E-state index in [4.69, 9.17) is 0 Å². The molecule has 1 aromatic carbocycles. The van der Waals surface area contributed by atoms with Crippen molar-refractivity contribution >= 4 is 17.6 Å². The molecule has 0 saturated heterocycles. The van der Waals surface area contributed by atoms with Crippen LogP contribution in [-0.2, 0) is 4.79 Å². The predicted molar refractivity (Wildman–Crippen MR) is 151 cm³/mol. The standard InChI is InChI=1S/C32H47NO3/c1-2-3-4-5-6-7-8-9-10-11-12-13-14-15-16-17-18-19-20-21-22-23-28-31(34)33-30-27-25-24-26-29(30)32(35)36/h24-27H,2-12,17-23,28H2,1H3,(H,33,34)(H,35,36). The highest BCUT2D eigenvalue weighted by atomic mass is 16.4. The molecule has 0 fully saturated rings. The second-order valence-corrected chi connectivity index (χ2v) is 9.56. The Bertz CT molecular complexity index is 853. The number of nitrogens with one attached hydrogen (secondary N) is 1. The molecule has 1 aromatic rings. The number of hydrogen-bond acceptors (Lipinski definition) is 2. The van der Waals surface area contributed by atoms with Crippen LogP contribution in [0.1, 0.15) is 139 Å². The Morgan fingerprint density at radius 2 is 1.17 bits per heavy atom. The summed E-state index contributed by atoms with van der Waals surface area (Å²) in [6, 6.07) is 6.49. The van der Waals surface area contributed by atoms with Crippen molar-refractivity contribution in [2.75, 3.05) is 5.32 Å². The highest BCUT2D eigenvalue weighted by Crippen LogP contribution is 2.16. The number of anilines is 1. The van der Waals surface area contributed by atoms with Crippen molar-refractivity contribution in [2.45, 2.75) is 129 Å². The van der Waals surface area contributed by atoms with Crippen molar-refractivity contribution in [3.05, 3.63) is 29.8 Å². The molecule has 198 valence electrons. The van der Waals surface area contributed by atoms with Crippen molar-refractivity contribution in [3.8, 4) is 23.7 Å². The van der Waals surface area contributed by atoms with Gasteiger partial charge in [0, 0.05) is 19.3 Å². The highest BCUT2D eigenvalue weighted by molar-refractivity contribution is 6.00. The molecule has 0 saturated carbocycles. The molecule has 0 aliphatic rings. The molecule has 1 rings (SSSR count). The number of unbranched alkanes of at least 4 members (excludes halogenated alkanes) is 16. The van der Waals surface area contributed by atoms with Crippen LogP contribution in [0, 0.1) is 23.7 Å². The van der Waals surface area contributed by atoms with Gasteiger partial charge in [0.15, 0.2) is 0 Å². The summed E-state index contributed by atoms with van der Waals surface area (Å²) in [6.45, 7) is 2.27. The van der Waals surface area contributed by atoms with E-state index in [9.17, 15) is 14.7 Å². The predicted octanol–water partition coefficient (Wildman–Crippen LogP) is 8.76. The maximum absolute atomic E-state index is 12.1. The molecular formula is C32H47NO3. The van der Waals surface area contributed by atoms with Gasteiger partial charge in [-0.25, -0.2) is 4.79 Å². The Labute approximate surface area is 220 Å². The Kier molecular flexibility index (Phi) is 19.8. The zero-order chi connectivity index (χ0) is 26.1. The van der Waals surface area contributed by atoms with E-state index in [1.807, 2.05) is 0 Å². The van der Waals surface area contributed by atoms with Gasteiger partial charge in [-0.2, -0.15) is 0 Å². The number of carboxylic acid groups (broad SMARTS) is 1. The van der Waals surface area contributed by atoms with Gasteiger partial charge in [0.05, 0.1) is 11.3 Å². The Hall–Kier alpha value is -2.72. The molecule has 0 aromatic heterocycles. The van der Waals surface area contributed by atoms with Crippen LogP contribution >= 0.6 is 0 Å². The van der Waals surface area contributed by atoms with E-state index in [1.54, 1.807) is 18.2 Å². The third-order valence-corrected chi connectivity index (χ3v) is 6.28. The van der Waals surface area contributed by atoms with Crippen LogP contribution < -0.4 is 5.32 Å². The fourth-order valence-electron chi connectivity index (χ4n) is 4.11. The molecule has 0 bridgehead atoms. The SMILES string of the molecule is CCCCCCCCCCCCC#CC#CCCCCCCCCC(=O)Nc1ccccc1C(=O)O. The first-order chi connectivity index (χ1) is 17.6. The summed E-state index contributed by atoms with van der Waals surface area (Å²) in [7, 11) is 0. The zero-order valence-electron chi connectivity index (χ0n) is 22.5. The fourth-order valence-corrected chi connectivity index (χ4v) is 4.11. The molecule has 0 heterocycles. The van der Waals surface area contributed by atoms with Crippen molar-refractivity contribution in [2.24, 2.45) is 0 Å². The lowest BCUT2D eigenvalue weighted by Gasteiger charge is -2.08. The first-order valence-electron chi connectivity index (χ1n) is 14.2. The van der Waals surface area contributed by atoms with E-state index in [-0.39, 0.29) is 11.5 Å². The number of hydrogen-bond donors (Lipinski definition) is 2. The third kappa shape index (κ3) is 17.7.